The number of ether oxygens (including phenoxy) is 1. The smallest absolute Gasteiger partial charge is 0.327 e. The summed E-state index contributed by atoms with van der Waals surface area (Å²) >= 11 is 0. The Morgan fingerprint density at radius 1 is 1.29 bits per heavy atom. The molecule has 0 aliphatic heterocycles. The van der Waals surface area contributed by atoms with E-state index in [2.05, 4.69) is 19.9 Å². The fourth-order valence-corrected chi connectivity index (χ4v) is 1.59. The van der Waals surface area contributed by atoms with Gasteiger partial charge in [-0.3, -0.25) is 14.8 Å². The summed E-state index contributed by atoms with van der Waals surface area (Å²) in [6, 6.07) is 0. The van der Waals surface area contributed by atoms with Crippen LogP contribution in [0.1, 0.15) is 26.1 Å². The number of methoxy groups -OCH3 is 1. The van der Waals surface area contributed by atoms with E-state index in [1.165, 1.54) is 0 Å². The zero-order chi connectivity index (χ0) is 12.6. The lowest BCUT2D eigenvalue weighted by Crippen LogP contribution is -2.24. The Balaban J connectivity index is 2.71. The second-order valence-electron chi connectivity index (χ2n) is 4.01. The molecule has 0 radical (unpaired) electrons. The first-order chi connectivity index (χ1) is 8.00. The lowest BCUT2D eigenvalue weighted by molar-refractivity contribution is -0.00805. The van der Waals surface area contributed by atoms with Gasteiger partial charge in [0.25, 0.3) is 5.56 Å². The Labute approximate surface area is 96.2 Å². The Morgan fingerprint density at radius 3 is 2.59 bits per heavy atom. The highest BCUT2D eigenvalue weighted by Crippen LogP contribution is 2.26. The summed E-state index contributed by atoms with van der Waals surface area (Å²) in [5.74, 6) is 0.518. The summed E-state index contributed by atoms with van der Waals surface area (Å²) < 4.78 is 5.37. The largest absolute Gasteiger partial charge is 0.371 e. The van der Waals surface area contributed by atoms with Crippen molar-refractivity contribution >= 4 is 11.2 Å². The molecule has 1 atom stereocenters. The predicted octanol–water partition coefficient (Wildman–Crippen LogP) is 0.211. The number of rotatable bonds is 3. The highest BCUT2D eigenvalue weighted by molar-refractivity contribution is 5.68. The van der Waals surface area contributed by atoms with Crippen LogP contribution in [0.25, 0.3) is 11.2 Å². The molecular weight excluding hydrogens is 224 g/mol. The van der Waals surface area contributed by atoms with Crippen LogP contribution in [-0.4, -0.2) is 27.0 Å². The van der Waals surface area contributed by atoms with E-state index in [-0.39, 0.29) is 11.2 Å². The number of aromatic amines is 3. The van der Waals surface area contributed by atoms with Crippen LogP contribution in [0.2, 0.25) is 0 Å². The molecule has 2 aromatic rings. The molecule has 0 aromatic carbocycles. The van der Waals surface area contributed by atoms with Crippen molar-refractivity contribution in [2.24, 2.45) is 0 Å². The van der Waals surface area contributed by atoms with Gasteiger partial charge in [0.05, 0.1) is 0 Å². The molecule has 7 heteroatoms. The van der Waals surface area contributed by atoms with Crippen molar-refractivity contribution in [3.05, 3.63) is 26.7 Å². The maximum Gasteiger partial charge on any atom is 0.327 e. The molecule has 3 N–H and O–H groups in total. The zero-order valence-corrected chi connectivity index (χ0v) is 9.88. The second-order valence-corrected chi connectivity index (χ2v) is 4.01. The van der Waals surface area contributed by atoms with Crippen LogP contribution in [0.3, 0.4) is 0 Å². The average molecular weight is 238 g/mol. The number of hydrogen-bond acceptors (Lipinski definition) is 4. The molecule has 7 nitrogen and oxygen atoms in total. The van der Waals surface area contributed by atoms with Crippen LogP contribution in [0, 0.1) is 0 Å². The fraction of sp³-hybridized carbons (Fsp3) is 0.500. The van der Waals surface area contributed by atoms with Crippen molar-refractivity contribution < 1.29 is 4.74 Å². The number of H-pyrrole nitrogens is 3. The van der Waals surface area contributed by atoms with Gasteiger partial charge in [0.1, 0.15) is 16.9 Å². The van der Waals surface area contributed by atoms with E-state index in [0.717, 1.165) is 0 Å². The third-order valence-corrected chi connectivity index (χ3v) is 3.02. The number of hydrogen-bond donors (Lipinski definition) is 3. The molecule has 17 heavy (non-hydrogen) atoms. The van der Waals surface area contributed by atoms with Crippen LogP contribution in [0.15, 0.2) is 9.59 Å². The van der Waals surface area contributed by atoms with Gasteiger partial charge in [0.15, 0.2) is 5.65 Å². The molecule has 0 amide bonds. The molecule has 2 rings (SSSR count). The summed E-state index contributed by atoms with van der Waals surface area (Å²) in [4.78, 5) is 34.3. The molecule has 2 aromatic heterocycles. The van der Waals surface area contributed by atoms with Gasteiger partial charge in [0.2, 0.25) is 0 Å². The highest BCUT2D eigenvalue weighted by Gasteiger charge is 2.28. The predicted molar refractivity (Wildman–Crippen MR) is 62.0 cm³/mol. The molecule has 0 aliphatic rings. The van der Waals surface area contributed by atoms with Gasteiger partial charge in [-0.2, -0.15) is 0 Å². The Bertz CT molecular complexity index is 647. The number of nitrogens with one attached hydrogen (secondary N) is 3. The van der Waals surface area contributed by atoms with Gasteiger partial charge in [-0.25, -0.2) is 9.78 Å². The first kappa shape index (κ1) is 11.6. The van der Waals surface area contributed by atoms with E-state index < -0.39 is 16.9 Å². The van der Waals surface area contributed by atoms with Crippen molar-refractivity contribution in [3.63, 3.8) is 0 Å². The molecule has 0 bridgehead atoms. The monoisotopic (exact) mass is 238 g/mol. The normalized spacial score (nSPS) is 15.0. The molecule has 0 saturated heterocycles. The third-order valence-electron chi connectivity index (χ3n) is 3.02. The molecule has 0 aliphatic carbocycles. The standard InChI is InChI=1S/C10H14N4O3/c1-4-10(2,17-3)8-11-5-6(12-8)13-9(16)14-7(5)15/h4H2,1-3H3,(H3,11,12,13,14,15,16). The minimum absolute atomic E-state index is 0.241. The maximum absolute atomic E-state index is 11.5. The van der Waals surface area contributed by atoms with Crippen molar-refractivity contribution in [1.82, 2.24) is 19.9 Å². The summed E-state index contributed by atoms with van der Waals surface area (Å²) in [5.41, 5.74) is -1.18. The molecule has 1 unspecified atom stereocenters. The van der Waals surface area contributed by atoms with E-state index in [4.69, 9.17) is 4.74 Å². The highest BCUT2D eigenvalue weighted by atomic mass is 16.5. The fourth-order valence-electron chi connectivity index (χ4n) is 1.59. The minimum atomic E-state index is -0.609. The average Bonchev–Trinajstić information content (AvgIpc) is 2.72. The van der Waals surface area contributed by atoms with Gasteiger partial charge in [-0.15, -0.1) is 0 Å². The summed E-state index contributed by atoms with van der Waals surface area (Å²) in [5, 5.41) is 0. The van der Waals surface area contributed by atoms with Gasteiger partial charge in [-0.05, 0) is 13.3 Å². The first-order valence-corrected chi connectivity index (χ1v) is 5.28. The summed E-state index contributed by atoms with van der Waals surface area (Å²) in [6.45, 7) is 3.81. The van der Waals surface area contributed by atoms with E-state index in [0.29, 0.717) is 12.2 Å². The Morgan fingerprint density at radius 2 is 2.00 bits per heavy atom. The number of fused-ring (bicyclic) bond motifs is 1. The quantitative estimate of drug-likeness (QED) is 0.711. The number of nitrogens with zero attached hydrogens (tertiary/aromatic N) is 1. The SMILES string of the molecule is CCC(C)(OC)c1nc2[nH]c(=O)[nH]c(=O)c2[nH]1. The molecule has 0 spiro atoms. The van der Waals surface area contributed by atoms with E-state index in [1.54, 1.807) is 7.11 Å². The Hall–Kier alpha value is -1.89. The molecular formula is C10H14N4O3. The van der Waals surface area contributed by atoms with Crippen molar-refractivity contribution in [2.75, 3.05) is 7.11 Å². The molecule has 2 heterocycles. The van der Waals surface area contributed by atoms with Crippen molar-refractivity contribution in [1.29, 1.82) is 0 Å². The van der Waals surface area contributed by atoms with Crippen LogP contribution >= 0.6 is 0 Å². The zero-order valence-electron chi connectivity index (χ0n) is 9.88. The number of aromatic nitrogens is 4. The van der Waals surface area contributed by atoms with Gasteiger partial charge in [-0.1, -0.05) is 6.92 Å². The number of imidazole rings is 1. The maximum atomic E-state index is 11.5. The lowest BCUT2D eigenvalue weighted by Gasteiger charge is -2.23. The summed E-state index contributed by atoms with van der Waals surface area (Å²) in [7, 11) is 1.57. The van der Waals surface area contributed by atoms with Crippen molar-refractivity contribution in [2.45, 2.75) is 25.9 Å². The molecule has 0 fully saturated rings. The van der Waals surface area contributed by atoms with Crippen LogP contribution in [0.4, 0.5) is 0 Å². The first-order valence-electron chi connectivity index (χ1n) is 5.28. The van der Waals surface area contributed by atoms with Gasteiger partial charge in [0, 0.05) is 7.11 Å². The van der Waals surface area contributed by atoms with Crippen LogP contribution in [0.5, 0.6) is 0 Å². The summed E-state index contributed by atoms with van der Waals surface area (Å²) in [6.07, 6.45) is 0.686. The second kappa shape index (κ2) is 3.85. The minimum Gasteiger partial charge on any atom is -0.371 e. The lowest BCUT2D eigenvalue weighted by atomic mass is 10.0. The van der Waals surface area contributed by atoms with E-state index in [1.807, 2.05) is 13.8 Å². The topological polar surface area (TPSA) is 104 Å². The van der Waals surface area contributed by atoms with Gasteiger partial charge >= 0.3 is 5.69 Å². The third kappa shape index (κ3) is 1.78. The van der Waals surface area contributed by atoms with Crippen LogP contribution in [-0.2, 0) is 10.3 Å². The Kier molecular flexibility index (Phi) is 2.62. The van der Waals surface area contributed by atoms with Gasteiger partial charge < -0.3 is 9.72 Å². The van der Waals surface area contributed by atoms with E-state index >= 15 is 0 Å². The van der Waals surface area contributed by atoms with Crippen molar-refractivity contribution in [3.8, 4) is 0 Å². The van der Waals surface area contributed by atoms with E-state index in [9.17, 15) is 9.59 Å². The van der Waals surface area contributed by atoms with Crippen LogP contribution < -0.4 is 11.2 Å². The molecule has 0 saturated carbocycles. The molecule has 92 valence electrons.